The molecule has 0 spiro atoms. The number of nitrogens with one attached hydrogen (secondary N) is 1. The molecule has 0 saturated heterocycles. The molecule has 2 aromatic rings. The van der Waals surface area contributed by atoms with E-state index in [4.69, 9.17) is 9.47 Å². The maximum Gasteiger partial charge on any atom is 0.232 e. The van der Waals surface area contributed by atoms with Crippen molar-refractivity contribution in [2.75, 3.05) is 36.6 Å². The summed E-state index contributed by atoms with van der Waals surface area (Å²) in [4.78, 5) is 12.3. The number of anilines is 2. The highest BCUT2D eigenvalue weighted by Gasteiger charge is 2.21. The molecule has 0 unspecified atom stereocenters. The second-order valence-corrected chi connectivity index (χ2v) is 8.70. The number of methoxy groups -OCH3 is 2. The van der Waals surface area contributed by atoms with Crippen LogP contribution in [-0.4, -0.2) is 41.3 Å². The molecule has 2 rings (SSSR count). The van der Waals surface area contributed by atoms with Gasteiger partial charge < -0.3 is 14.8 Å². The number of carbonyl (C=O) groups excluding carboxylic acids is 1. The number of hydrogen-bond donors (Lipinski definition) is 1. The fourth-order valence-electron chi connectivity index (χ4n) is 2.97. The lowest BCUT2D eigenvalue weighted by Crippen LogP contribution is -2.32. The van der Waals surface area contributed by atoms with Crippen molar-refractivity contribution in [1.82, 2.24) is 0 Å². The first kappa shape index (κ1) is 22.7. The van der Waals surface area contributed by atoms with Crippen molar-refractivity contribution >= 4 is 27.3 Å². The van der Waals surface area contributed by atoms with E-state index in [0.29, 0.717) is 30.2 Å². The molecule has 1 N–H and O–H groups in total. The van der Waals surface area contributed by atoms with Gasteiger partial charge in [-0.2, -0.15) is 0 Å². The zero-order valence-electron chi connectivity index (χ0n) is 17.3. The van der Waals surface area contributed by atoms with Gasteiger partial charge >= 0.3 is 0 Å². The molecule has 0 aliphatic carbocycles. The van der Waals surface area contributed by atoms with Gasteiger partial charge in [-0.15, -0.1) is 0 Å². The summed E-state index contributed by atoms with van der Waals surface area (Å²) in [6, 6.07) is 12.8. The van der Waals surface area contributed by atoms with Crippen molar-refractivity contribution in [3.05, 3.63) is 53.6 Å². The Kier molecular flexibility index (Phi) is 8.04. The average Bonchev–Trinajstić information content (AvgIpc) is 2.65. The van der Waals surface area contributed by atoms with Gasteiger partial charge in [-0.25, -0.2) is 8.42 Å². The van der Waals surface area contributed by atoms with Crippen LogP contribution in [0.5, 0.6) is 5.75 Å². The van der Waals surface area contributed by atoms with E-state index in [1.54, 1.807) is 25.3 Å². The Morgan fingerprint density at radius 3 is 2.55 bits per heavy atom. The SMILES string of the molecule is COCc1cccc(NC(=O)CCCN(c2cc(C)ccc2OC)S(C)(=O)=O)c1. The van der Waals surface area contributed by atoms with Crippen LogP contribution in [0.3, 0.4) is 0 Å². The molecule has 8 heteroatoms. The smallest absolute Gasteiger partial charge is 0.232 e. The molecule has 29 heavy (non-hydrogen) atoms. The van der Waals surface area contributed by atoms with Crippen molar-refractivity contribution in [3.63, 3.8) is 0 Å². The second-order valence-electron chi connectivity index (χ2n) is 6.80. The average molecular weight is 421 g/mol. The lowest BCUT2D eigenvalue weighted by molar-refractivity contribution is -0.116. The summed E-state index contributed by atoms with van der Waals surface area (Å²) in [7, 11) is -0.415. The van der Waals surface area contributed by atoms with Gasteiger partial charge in [0, 0.05) is 25.8 Å². The van der Waals surface area contributed by atoms with Crippen LogP contribution in [0.4, 0.5) is 11.4 Å². The molecule has 0 aliphatic heterocycles. The monoisotopic (exact) mass is 420 g/mol. The number of carbonyl (C=O) groups is 1. The second kappa shape index (κ2) is 10.3. The highest BCUT2D eigenvalue weighted by molar-refractivity contribution is 7.92. The summed E-state index contributed by atoms with van der Waals surface area (Å²) in [6.07, 6.45) is 1.71. The minimum atomic E-state index is -3.53. The fourth-order valence-corrected chi connectivity index (χ4v) is 3.93. The predicted octanol–water partition coefficient (Wildman–Crippen LogP) is 3.33. The normalized spacial score (nSPS) is 11.2. The molecule has 0 aromatic heterocycles. The predicted molar refractivity (Wildman–Crippen MR) is 115 cm³/mol. The lowest BCUT2D eigenvalue weighted by atomic mass is 10.2. The Bertz CT molecular complexity index is 944. The van der Waals surface area contributed by atoms with Crippen molar-refractivity contribution < 1.29 is 22.7 Å². The van der Waals surface area contributed by atoms with Crippen molar-refractivity contribution in [3.8, 4) is 5.75 Å². The summed E-state index contributed by atoms with van der Waals surface area (Å²) < 4.78 is 36.4. The minimum Gasteiger partial charge on any atom is -0.495 e. The van der Waals surface area contributed by atoms with E-state index < -0.39 is 10.0 Å². The van der Waals surface area contributed by atoms with Crippen LogP contribution in [-0.2, 0) is 26.2 Å². The molecule has 158 valence electrons. The summed E-state index contributed by atoms with van der Waals surface area (Å²) in [5.41, 5.74) is 3.04. The van der Waals surface area contributed by atoms with Crippen molar-refractivity contribution in [2.24, 2.45) is 0 Å². The molecule has 0 fully saturated rings. The van der Waals surface area contributed by atoms with Gasteiger partial charge in [0.05, 0.1) is 25.7 Å². The summed E-state index contributed by atoms with van der Waals surface area (Å²) in [5.74, 6) is 0.296. The number of ether oxygens (including phenoxy) is 2. The third-order valence-corrected chi connectivity index (χ3v) is 5.47. The van der Waals surface area contributed by atoms with E-state index >= 15 is 0 Å². The van der Waals surface area contributed by atoms with Crippen LogP contribution in [0.25, 0.3) is 0 Å². The molecule has 0 atom stereocenters. The molecule has 0 heterocycles. The highest BCUT2D eigenvalue weighted by Crippen LogP contribution is 2.31. The van der Waals surface area contributed by atoms with Crippen LogP contribution in [0, 0.1) is 6.92 Å². The maximum atomic E-state index is 12.3. The zero-order valence-corrected chi connectivity index (χ0v) is 18.1. The Hall–Kier alpha value is -2.58. The third-order valence-electron chi connectivity index (χ3n) is 4.29. The topological polar surface area (TPSA) is 84.9 Å². The van der Waals surface area contributed by atoms with Crippen LogP contribution in [0.15, 0.2) is 42.5 Å². The minimum absolute atomic E-state index is 0.176. The van der Waals surface area contributed by atoms with Crippen LogP contribution < -0.4 is 14.4 Å². The van der Waals surface area contributed by atoms with Gasteiger partial charge in [0.2, 0.25) is 15.9 Å². The lowest BCUT2D eigenvalue weighted by Gasteiger charge is -2.24. The van der Waals surface area contributed by atoms with Gasteiger partial charge in [0.15, 0.2) is 0 Å². The quantitative estimate of drug-likeness (QED) is 0.637. The van der Waals surface area contributed by atoms with E-state index in [0.717, 1.165) is 17.4 Å². The Labute approximate surface area is 172 Å². The third kappa shape index (κ3) is 6.76. The van der Waals surface area contributed by atoms with E-state index in [1.165, 1.54) is 11.4 Å². The largest absolute Gasteiger partial charge is 0.495 e. The zero-order chi connectivity index (χ0) is 21.4. The van der Waals surface area contributed by atoms with Gasteiger partial charge in [-0.05, 0) is 48.7 Å². The molecule has 0 bridgehead atoms. The summed E-state index contributed by atoms with van der Waals surface area (Å²) in [6.45, 7) is 2.52. The number of nitrogens with zero attached hydrogens (tertiary/aromatic N) is 1. The first-order valence-corrected chi connectivity index (χ1v) is 11.1. The molecule has 1 amide bonds. The molecule has 0 aliphatic rings. The Morgan fingerprint density at radius 1 is 1.14 bits per heavy atom. The van der Waals surface area contributed by atoms with E-state index in [2.05, 4.69) is 5.32 Å². The molecule has 0 radical (unpaired) electrons. The number of rotatable bonds is 10. The van der Waals surface area contributed by atoms with Crippen molar-refractivity contribution in [2.45, 2.75) is 26.4 Å². The number of hydrogen-bond acceptors (Lipinski definition) is 5. The molecule has 0 saturated carbocycles. The first-order chi connectivity index (χ1) is 13.7. The number of amides is 1. The van der Waals surface area contributed by atoms with Crippen LogP contribution in [0.1, 0.15) is 24.0 Å². The van der Waals surface area contributed by atoms with Crippen LogP contribution in [0.2, 0.25) is 0 Å². The molecule has 7 nitrogen and oxygen atoms in total. The van der Waals surface area contributed by atoms with E-state index in [-0.39, 0.29) is 18.9 Å². The van der Waals surface area contributed by atoms with E-state index in [1.807, 2.05) is 31.2 Å². The van der Waals surface area contributed by atoms with Crippen molar-refractivity contribution in [1.29, 1.82) is 0 Å². The fraction of sp³-hybridized carbons (Fsp3) is 0.381. The number of benzene rings is 2. The molecule has 2 aromatic carbocycles. The van der Waals surface area contributed by atoms with Gasteiger partial charge in [-0.1, -0.05) is 18.2 Å². The summed E-state index contributed by atoms with van der Waals surface area (Å²) >= 11 is 0. The van der Waals surface area contributed by atoms with Gasteiger partial charge in [-0.3, -0.25) is 9.10 Å². The number of sulfonamides is 1. The Balaban J connectivity index is 2.03. The summed E-state index contributed by atoms with van der Waals surface area (Å²) in [5, 5.41) is 2.84. The molecular weight excluding hydrogens is 392 g/mol. The maximum absolute atomic E-state index is 12.3. The van der Waals surface area contributed by atoms with Crippen LogP contribution >= 0.6 is 0 Å². The number of aryl methyl sites for hydroxylation is 1. The first-order valence-electron chi connectivity index (χ1n) is 9.24. The highest BCUT2D eigenvalue weighted by atomic mass is 32.2. The molecular formula is C21H28N2O5S. The van der Waals surface area contributed by atoms with Gasteiger partial charge in [0.1, 0.15) is 5.75 Å². The Morgan fingerprint density at radius 2 is 1.90 bits per heavy atom. The standard InChI is InChI=1S/C21H28N2O5S/c1-16-10-11-20(28-3)19(13-16)23(29(4,25)26)12-6-9-21(24)22-18-8-5-7-17(14-18)15-27-2/h5,7-8,10-11,13-14H,6,9,12,15H2,1-4H3,(H,22,24). The van der Waals surface area contributed by atoms with E-state index in [9.17, 15) is 13.2 Å². The van der Waals surface area contributed by atoms with Gasteiger partial charge in [0.25, 0.3) is 0 Å².